The van der Waals surface area contributed by atoms with Crippen LogP contribution in [0.15, 0.2) is 52.4 Å². The van der Waals surface area contributed by atoms with Crippen molar-refractivity contribution in [2.24, 2.45) is 5.10 Å². The van der Waals surface area contributed by atoms with Crippen LogP contribution in [0.25, 0.3) is 11.3 Å². The maximum Gasteiger partial charge on any atom is 0.270 e. The second-order valence-electron chi connectivity index (χ2n) is 5.70. The maximum absolute atomic E-state index is 14.3. The van der Waals surface area contributed by atoms with Crippen LogP contribution in [0.3, 0.4) is 0 Å². The molecule has 1 aromatic heterocycles. The molecule has 0 radical (unpaired) electrons. The van der Waals surface area contributed by atoms with Gasteiger partial charge in [0.25, 0.3) is 5.56 Å². The summed E-state index contributed by atoms with van der Waals surface area (Å²) in [5, 5.41) is 13.0. The van der Waals surface area contributed by atoms with E-state index in [0.29, 0.717) is 12.2 Å². The first kappa shape index (κ1) is 20.0. The Hall–Kier alpha value is -3.70. The monoisotopic (exact) mass is 411 g/mol. The summed E-state index contributed by atoms with van der Waals surface area (Å²) in [5.41, 5.74) is 2.73. The summed E-state index contributed by atoms with van der Waals surface area (Å²) in [6.45, 7) is 2.12. The highest BCUT2D eigenvalue weighted by molar-refractivity contribution is 6.32. The second kappa shape index (κ2) is 8.99. The Labute approximate surface area is 170 Å². The number of hydrazone groups is 1. The number of nitriles is 1. The maximum atomic E-state index is 14.3. The molecule has 0 fully saturated rings. The van der Waals surface area contributed by atoms with Gasteiger partial charge in [-0.25, -0.2) is 14.8 Å². The zero-order valence-corrected chi connectivity index (χ0v) is 16.0. The van der Waals surface area contributed by atoms with E-state index in [9.17, 15) is 14.4 Å². The Balaban J connectivity index is 1.88. The number of H-pyrrole nitrogens is 1. The number of anilines is 1. The van der Waals surface area contributed by atoms with Crippen LogP contribution < -0.4 is 15.7 Å². The molecule has 0 aliphatic carbocycles. The fourth-order valence-corrected chi connectivity index (χ4v) is 2.74. The lowest BCUT2D eigenvalue weighted by molar-refractivity contribution is 0.338. The predicted molar refractivity (Wildman–Crippen MR) is 109 cm³/mol. The standard InChI is InChI=1S/C20H15ClFN5O2/c1-2-29-15-9-8-13(17(22)16(15)21)11-24-27-20-25-18(12-6-4-3-5-7-12)14(10-23)19(28)26-20/h3-9,11H,2H2,1H3,(H2,25,26,27,28). The van der Waals surface area contributed by atoms with Crippen LogP contribution in [0.4, 0.5) is 10.3 Å². The molecule has 3 aromatic rings. The van der Waals surface area contributed by atoms with E-state index in [0.717, 1.165) is 0 Å². The van der Waals surface area contributed by atoms with Crippen LogP contribution in [0.5, 0.6) is 5.75 Å². The van der Waals surface area contributed by atoms with Crippen LogP contribution in [0.1, 0.15) is 18.1 Å². The molecule has 2 N–H and O–H groups in total. The van der Waals surface area contributed by atoms with Crippen molar-refractivity contribution in [2.75, 3.05) is 12.0 Å². The third kappa shape index (κ3) is 4.42. The smallest absolute Gasteiger partial charge is 0.270 e. The zero-order chi connectivity index (χ0) is 20.8. The molecule has 0 spiro atoms. The SMILES string of the molecule is CCOc1ccc(C=NNc2nc(-c3ccccc3)c(C#N)c(=O)[nH]2)c(F)c1Cl. The van der Waals surface area contributed by atoms with Crippen LogP contribution in [0.2, 0.25) is 5.02 Å². The summed E-state index contributed by atoms with van der Waals surface area (Å²) >= 11 is 5.94. The average Bonchev–Trinajstić information content (AvgIpc) is 2.73. The lowest BCUT2D eigenvalue weighted by atomic mass is 10.1. The van der Waals surface area contributed by atoms with Crippen molar-refractivity contribution >= 4 is 23.8 Å². The number of nitrogens with zero attached hydrogens (tertiary/aromatic N) is 3. The van der Waals surface area contributed by atoms with Gasteiger partial charge in [0.2, 0.25) is 5.95 Å². The largest absolute Gasteiger partial charge is 0.492 e. The minimum Gasteiger partial charge on any atom is -0.492 e. The summed E-state index contributed by atoms with van der Waals surface area (Å²) in [5.74, 6) is -0.446. The first-order chi connectivity index (χ1) is 14.0. The van der Waals surface area contributed by atoms with E-state index >= 15 is 0 Å². The molecule has 0 aliphatic heterocycles. The quantitative estimate of drug-likeness (QED) is 0.472. The molecule has 0 atom stereocenters. The highest BCUT2D eigenvalue weighted by atomic mass is 35.5. The Morgan fingerprint density at radius 1 is 1.34 bits per heavy atom. The van der Waals surface area contributed by atoms with Gasteiger partial charge in [-0.3, -0.25) is 9.78 Å². The fourth-order valence-electron chi connectivity index (χ4n) is 2.51. The molecule has 0 aliphatic rings. The van der Waals surface area contributed by atoms with E-state index in [-0.39, 0.29) is 33.5 Å². The molecule has 7 nitrogen and oxygen atoms in total. The molecule has 1 heterocycles. The highest BCUT2D eigenvalue weighted by Gasteiger charge is 2.13. The molecule has 3 rings (SSSR count). The number of benzene rings is 2. The van der Waals surface area contributed by atoms with Crippen molar-refractivity contribution in [3.8, 4) is 23.1 Å². The number of aromatic nitrogens is 2. The van der Waals surface area contributed by atoms with Crippen molar-refractivity contribution in [3.05, 3.63) is 74.8 Å². The van der Waals surface area contributed by atoms with E-state index in [1.54, 1.807) is 31.2 Å². The van der Waals surface area contributed by atoms with Crippen LogP contribution in [-0.2, 0) is 0 Å². The topological polar surface area (TPSA) is 103 Å². The summed E-state index contributed by atoms with van der Waals surface area (Å²) in [7, 11) is 0. The van der Waals surface area contributed by atoms with E-state index in [1.807, 2.05) is 12.1 Å². The lowest BCUT2D eigenvalue weighted by Gasteiger charge is -2.08. The Kier molecular flexibility index (Phi) is 6.22. The van der Waals surface area contributed by atoms with Crippen molar-refractivity contribution in [3.63, 3.8) is 0 Å². The Morgan fingerprint density at radius 3 is 2.79 bits per heavy atom. The van der Waals surface area contributed by atoms with Gasteiger partial charge in [0, 0.05) is 11.1 Å². The first-order valence-corrected chi connectivity index (χ1v) is 8.92. The van der Waals surface area contributed by atoms with Gasteiger partial charge in [-0.15, -0.1) is 0 Å². The van der Waals surface area contributed by atoms with Crippen molar-refractivity contribution in [1.82, 2.24) is 9.97 Å². The first-order valence-electron chi connectivity index (χ1n) is 8.54. The molecule has 0 saturated heterocycles. The number of rotatable bonds is 6. The molecule has 0 amide bonds. The van der Waals surface area contributed by atoms with E-state index in [2.05, 4.69) is 20.5 Å². The predicted octanol–water partition coefficient (Wildman–Crippen LogP) is 3.95. The fraction of sp³-hybridized carbons (Fsp3) is 0.100. The molecule has 0 saturated carbocycles. The minimum absolute atomic E-state index is 0.00143. The van der Waals surface area contributed by atoms with Gasteiger partial charge in [-0.1, -0.05) is 41.9 Å². The molecular weight excluding hydrogens is 397 g/mol. The molecule has 146 valence electrons. The molecule has 0 bridgehead atoms. The Morgan fingerprint density at radius 2 is 2.10 bits per heavy atom. The van der Waals surface area contributed by atoms with Gasteiger partial charge in [-0.05, 0) is 19.1 Å². The second-order valence-corrected chi connectivity index (χ2v) is 6.08. The van der Waals surface area contributed by atoms with Crippen molar-refractivity contribution in [2.45, 2.75) is 6.92 Å². The van der Waals surface area contributed by atoms with Crippen molar-refractivity contribution < 1.29 is 9.13 Å². The minimum atomic E-state index is -0.686. The van der Waals surface area contributed by atoms with Crippen molar-refractivity contribution in [1.29, 1.82) is 5.26 Å². The van der Waals surface area contributed by atoms with Gasteiger partial charge in [0.15, 0.2) is 5.82 Å². The molecule has 9 heteroatoms. The van der Waals surface area contributed by atoms with Gasteiger partial charge in [0.1, 0.15) is 22.4 Å². The number of hydrogen-bond donors (Lipinski definition) is 2. The van der Waals surface area contributed by atoms with Gasteiger partial charge in [-0.2, -0.15) is 10.4 Å². The molecule has 2 aromatic carbocycles. The Bertz CT molecular complexity index is 1160. The normalized spacial score (nSPS) is 10.7. The lowest BCUT2D eigenvalue weighted by Crippen LogP contribution is -2.16. The van der Waals surface area contributed by atoms with E-state index < -0.39 is 11.4 Å². The summed E-state index contributed by atoms with van der Waals surface area (Å²) in [4.78, 5) is 18.9. The van der Waals surface area contributed by atoms with E-state index in [1.165, 1.54) is 18.3 Å². The average molecular weight is 412 g/mol. The van der Waals surface area contributed by atoms with Gasteiger partial charge >= 0.3 is 0 Å². The molecule has 0 unspecified atom stereocenters. The van der Waals surface area contributed by atoms with Gasteiger partial charge < -0.3 is 4.74 Å². The summed E-state index contributed by atoms with van der Waals surface area (Å²) < 4.78 is 19.5. The number of ether oxygens (including phenoxy) is 1. The third-order valence-electron chi connectivity index (χ3n) is 3.83. The third-order valence-corrected chi connectivity index (χ3v) is 4.18. The molecular formula is C20H15ClFN5O2. The molecule has 29 heavy (non-hydrogen) atoms. The summed E-state index contributed by atoms with van der Waals surface area (Å²) in [6.07, 6.45) is 1.19. The number of aromatic amines is 1. The zero-order valence-electron chi connectivity index (χ0n) is 15.2. The summed E-state index contributed by atoms with van der Waals surface area (Å²) in [6, 6.07) is 13.6. The number of nitrogens with one attached hydrogen (secondary N) is 2. The van der Waals surface area contributed by atoms with Gasteiger partial charge in [0.05, 0.1) is 18.5 Å². The number of halogens is 2. The van der Waals surface area contributed by atoms with Crippen LogP contribution in [-0.4, -0.2) is 22.8 Å². The van der Waals surface area contributed by atoms with Crippen LogP contribution >= 0.6 is 11.6 Å². The van der Waals surface area contributed by atoms with Crippen LogP contribution in [0, 0.1) is 17.1 Å². The highest BCUT2D eigenvalue weighted by Crippen LogP contribution is 2.29. The van der Waals surface area contributed by atoms with E-state index in [4.69, 9.17) is 16.3 Å². The number of hydrogen-bond acceptors (Lipinski definition) is 6.